The fourth-order valence-electron chi connectivity index (χ4n) is 10.8. The molecule has 0 aromatic heterocycles. The third kappa shape index (κ3) is 1.15. The summed E-state index contributed by atoms with van der Waals surface area (Å²) in [5.74, 6) is 1.58. The predicted octanol–water partition coefficient (Wildman–Crippen LogP) is 2.36. The van der Waals surface area contributed by atoms with Crippen LogP contribution < -0.4 is 0 Å². The molecule has 9 bridgehead atoms. The zero-order valence-electron chi connectivity index (χ0n) is 15.8. The van der Waals surface area contributed by atoms with E-state index in [2.05, 4.69) is 18.4 Å². The number of nitrogens with zero attached hydrogens (tertiary/aromatic N) is 1. The number of fused-ring (bicyclic) bond motifs is 1. The lowest BCUT2D eigenvalue weighted by atomic mass is 9.39. The molecule has 9 aliphatic rings. The van der Waals surface area contributed by atoms with Gasteiger partial charge in [0, 0.05) is 42.8 Å². The first-order valence-corrected chi connectivity index (χ1v) is 10.7. The van der Waals surface area contributed by atoms with Crippen molar-refractivity contribution in [2.75, 3.05) is 6.54 Å². The lowest BCUT2D eigenvalue weighted by Gasteiger charge is -2.66. The Kier molecular flexibility index (Phi) is 2.30. The van der Waals surface area contributed by atoms with E-state index in [0.29, 0.717) is 29.3 Å². The highest BCUT2D eigenvalue weighted by atomic mass is 16.5. The summed E-state index contributed by atoms with van der Waals surface area (Å²) in [5, 5.41) is 11.5. The van der Waals surface area contributed by atoms with Crippen molar-refractivity contribution >= 4 is 5.97 Å². The maximum Gasteiger partial charge on any atom is 0.303 e. The molecule has 6 aliphatic carbocycles. The van der Waals surface area contributed by atoms with Gasteiger partial charge in [0.1, 0.15) is 6.10 Å². The van der Waals surface area contributed by atoms with Crippen LogP contribution in [0.1, 0.15) is 46.0 Å². The van der Waals surface area contributed by atoms with Gasteiger partial charge in [0.15, 0.2) is 0 Å². The van der Waals surface area contributed by atoms with E-state index in [0.717, 1.165) is 24.3 Å². The number of carbonyl (C=O) groups excluding carboxylic acids is 1. The van der Waals surface area contributed by atoms with Crippen LogP contribution in [0.4, 0.5) is 0 Å². The number of aliphatic hydroxyl groups is 1. The third-order valence-corrected chi connectivity index (χ3v) is 10.6. The van der Waals surface area contributed by atoms with E-state index in [-0.39, 0.29) is 34.9 Å². The standard InChI is InChI=1S/C22H29NO3/c1-10-12-7-13-18-21-6-4-5-20(3)9-23(18)14(16(20)21)8-22(13,17(21)15(12)25)19(10)26-11(2)24/h12-19,25H,1,4-9H2,2-3H3/t12-,13?,14+,15+,16-,17+,18?,19+,20-,21+,22-/m1/s1. The van der Waals surface area contributed by atoms with Crippen molar-refractivity contribution in [1.29, 1.82) is 0 Å². The maximum absolute atomic E-state index is 12.0. The van der Waals surface area contributed by atoms with Gasteiger partial charge in [-0.3, -0.25) is 9.69 Å². The van der Waals surface area contributed by atoms with Crippen molar-refractivity contribution in [2.24, 2.45) is 39.9 Å². The summed E-state index contributed by atoms with van der Waals surface area (Å²) in [5.41, 5.74) is 1.68. The number of hydrogen-bond acceptors (Lipinski definition) is 4. The first-order valence-electron chi connectivity index (χ1n) is 10.7. The second-order valence-corrected chi connectivity index (χ2v) is 11.1. The van der Waals surface area contributed by atoms with Crippen LogP contribution in [0.3, 0.4) is 0 Å². The molecule has 3 saturated heterocycles. The van der Waals surface area contributed by atoms with Crippen LogP contribution in [-0.2, 0) is 9.53 Å². The number of aliphatic hydroxyl groups excluding tert-OH is 1. The fourth-order valence-corrected chi connectivity index (χ4v) is 10.8. The summed E-state index contributed by atoms with van der Waals surface area (Å²) < 4.78 is 5.99. The van der Waals surface area contributed by atoms with Crippen molar-refractivity contribution < 1.29 is 14.6 Å². The number of carbonyl (C=O) groups is 1. The highest BCUT2D eigenvalue weighted by Crippen LogP contribution is 2.87. The molecule has 0 aromatic rings. The Morgan fingerprint density at radius 1 is 1.31 bits per heavy atom. The second-order valence-electron chi connectivity index (χ2n) is 11.1. The average molecular weight is 355 g/mol. The first-order chi connectivity index (χ1) is 12.4. The SMILES string of the molecule is C=C1[C@H]2CC3C4N5C[C@@]6(C)CCC[C@]47[C@H]([C@H]2O)[C@]3(C[C@H]5[C@H]67)[C@H]1OC(C)=O. The normalized spacial score (nSPS) is 68.0. The molecule has 6 saturated carbocycles. The Hall–Kier alpha value is -0.870. The zero-order chi connectivity index (χ0) is 17.8. The van der Waals surface area contributed by atoms with Gasteiger partial charge in [-0.2, -0.15) is 0 Å². The van der Waals surface area contributed by atoms with E-state index in [1.165, 1.54) is 32.7 Å². The minimum atomic E-state index is -0.278. The van der Waals surface area contributed by atoms with Crippen LogP contribution >= 0.6 is 0 Å². The van der Waals surface area contributed by atoms with Gasteiger partial charge in [-0.05, 0) is 53.9 Å². The van der Waals surface area contributed by atoms with E-state index in [1.807, 2.05) is 0 Å². The second kappa shape index (κ2) is 3.96. The minimum Gasteiger partial charge on any atom is -0.457 e. The monoisotopic (exact) mass is 355 g/mol. The summed E-state index contributed by atoms with van der Waals surface area (Å²) in [4.78, 5) is 14.8. The van der Waals surface area contributed by atoms with E-state index in [9.17, 15) is 9.90 Å². The average Bonchev–Trinajstić information content (AvgIpc) is 2.99. The largest absolute Gasteiger partial charge is 0.457 e. The van der Waals surface area contributed by atoms with Gasteiger partial charge in [0.05, 0.1) is 6.10 Å². The van der Waals surface area contributed by atoms with Crippen LogP contribution in [0.5, 0.6) is 0 Å². The molecule has 3 unspecified atom stereocenters. The third-order valence-electron chi connectivity index (χ3n) is 10.6. The van der Waals surface area contributed by atoms with Crippen LogP contribution in [-0.4, -0.2) is 46.8 Å². The molecule has 4 nitrogen and oxygen atoms in total. The molecular formula is C22H29NO3. The van der Waals surface area contributed by atoms with Crippen molar-refractivity contribution in [3.05, 3.63) is 12.2 Å². The summed E-state index contributed by atoms with van der Waals surface area (Å²) >= 11 is 0. The Morgan fingerprint density at radius 2 is 2.12 bits per heavy atom. The van der Waals surface area contributed by atoms with Gasteiger partial charge in [-0.25, -0.2) is 0 Å². The lowest BCUT2D eigenvalue weighted by Crippen LogP contribution is -2.69. The van der Waals surface area contributed by atoms with Crippen molar-refractivity contribution in [3.8, 4) is 0 Å². The molecule has 26 heavy (non-hydrogen) atoms. The van der Waals surface area contributed by atoms with Crippen molar-refractivity contribution in [2.45, 2.75) is 70.2 Å². The predicted molar refractivity (Wildman–Crippen MR) is 95.0 cm³/mol. The topological polar surface area (TPSA) is 49.8 Å². The van der Waals surface area contributed by atoms with Gasteiger partial charge < -0.3 is 9.84 Å². The van der Waals surface area contributed by atoms with Crippen LogP contribution in [0.25, 0.3) is 0 Å². The van der Waals surface area contributed by atoms with Gasteiger partial charge in [0.2, 0.25) is 0 Å². The maximum atomic E-state index is 12.0. The number of esters is 1. The number of rotatable bonds is 1. The number of piperidine rings is 2. The summed E-state index contributed by atoms with van der Waals surface area (Å²) in [6.45, 7) is 9.67. The van der Waals surface area contributed by atoms with Crippen molar-refractivity contribution in [3.63, 3.8) is 0 Å². The van der Waals surface area contributed by atoms with E-state index >= 15 is 0 Å². The Bertz CT molecular complexity index is 779. The molecule has 140 valence electrons. The molecule has 2 spiro atoms. The van der Waals surface area contributed by atoms with E-state index in [1.54, 1.807) is 0 Å². The minimum absolute atomic E-state index is 0.0398. The van der Waals surface area contributed by atoms with Crippen molar-refractivity contribution in [1.82, 2.24) is 4.90 Å². The Morgan fingerprint density at radius 3 is 2.88 bits per heavy atom. The Labute approximate surface area is 155 Å². The van der Waals surface area contributed by atoms with Gasteiger partial charge in [-0.15, -0.1) is 0 Å². The molecule has 1 N–H and O–H groups in total. The highest BCUT2D eigenvalue weighted by molar-refractivity contribution is 5.67. The summed E-state index contributed by atoms with van der Waals surface area (Å²) in [7, 11) is 0. The molecule has 9 rings (SSSR count). The fraction of sp³-hybridized carbons (Fsp3) is 0.864. The van der Waals surface area contributed by atoms with Crippen LogP contribution in [0.2, 0.25) is 0 Å². The summed E-state index contributed by atoms with van der Waals surface area (Å²) in [6.07, 6.45) is 5.67. The number of hydrogen-bond donors (Lipinski definition) is 1. The molecule has 0 radical (unpaired) electrons. The van der Waals surface area contributed by atoms with Crippen LogP contribution in [0, 0.1) is 39.9 Å². The molecule has 3 aliphatic heterocycles. The van der Waals surface area contributed by atoms with E-state index < -0.39 is 0 Å². The number of ether oxygens (including phenoxy) is 1. The van der Waals surface area contributed by atoms with Gasteiger partial charge in [-0.1, -0.05) is 19.9 Å². The molecule has 0 amide bonds. The van der Waals surface area contributed by atoms with Gasteiger partial charge in [0.25, 0.3) is 0 Å². The molecule has 4 heteroatoms. The first kappa shape index (κ1) is 15.1. The van der Waals surface area contributed by atoms with Gasteiger partial charge >= 0.3 is 5.97 Å². The Balaban J connectivity index is 1.48. The molecule has 9 fully saturated rings. The molecular weight excluding hydrogens is 326 g/mol. The zero-order valence-corrected chi connectivity index (χ0v) is 15.8. The van der Waals surface area contributed by atoms with E-state index in [4.69, 9.17) is 4.74 Å². The highest BCUT2D eigenvalue weighted by Gasteiger charge is 2.90. The molecule has 0 aromatic carbocycles. The molecule has 12 atom stereocenters. The summed E-state index contributed by atoms with van der Waals surface area (Å²) in [6, 6.07) is 1.26. The smallest absolute Gasteiger partial charge is 0.303 e. The molecule has 3 heterocycles. The lowest BCUT2D eigenvalue weighted by molar-refractivity contribution is -0.223. The van der Waals surface area contributed by atoms with Crippen LogP contribution in [0.15, 0.2) is 12.2 Å². The quantitative estimate of drug-likeness (QED) is 0.579.